The van der Waals surface area contributed by atoms with Crippen molar-refractivity contribution in [1.82, 2.24) is 0 Å². The standard InChI is InChI=1S/C57H46N2O2/c1-33-16-12-20-50(38(33)6)58(48-18-10-8-14-35(48)3)44-24-22-40-29-46-52(31-42(40)27-44)60-54-26-37(5)57-56(55(46)54)47-30-41-23-25-45(28-43(41)32-53(47)61-57)59(49-19-11-9-15-36(49)4)51-21-13-17-34(2)39(51)7/h8-32H,1-7H3. The van der Waals surface area contributed by atoms with E-state index in [1.807, 2.05) is 0 Å². The van der Waals surface area contributed by atoms with Crippen molar-refractivity contribution in [3.05, 3.63) is 191 Å². The molecule has 296 valence electrons. The van der Waals surface area contributed by atoms with E-state index in [1.54, 1.807) is 0 Å². The molecule has 11 rings (SSSR count). The lowest BCUT2D eigenvalue weighted by Gasteiger charge is -2.29. The molecule has 4 nitrogen and oxygen atoms in total. The molecule has 0 fully saturated rings. The van der Waals surface area contributed by atoms with Crippen molar-refractivity contribution in [3.8, 4) is 0 Å². The summed E-state index contributed by atoms with van der Waals surface area (Å²) in [6, 6.07) is 55.1. The molecule has 0 unspecified atom stereocenters. The lowest BCUT2D eigenvalue weighted by Crippen LogP contribution is -2.13. The average molecular weight is 791 g/mol. The van der Waals surface area contributed by atoms with Gasteiger partial charge in [-0.1, -0.05) is 72.8 Å². The molecule has 0 saturated heterocycles. The van der Waals surface area contributed by atoms with Crippen LogP contribution in [0.15, 0.2) is 160 Å². The van der Waals surface area contributed by atoms with Gasteiger partial charge in [-0.15, -0.1) is 0 Å². The Morgan fingerprint density at radius 3 is 1.31 bits per heavy atom. The number of furan rings is 2. The van der Waals surface area contributed by atoms with Gasteiger partial charge in [0.25, 0.3) is 0 Å². The van der Waals surface area contributed by atoms with E-state index < -0.39 is 0 Å². The molecule has 0 amide bonds. The number of rotatable bonds is 6. The summed E-state index contributed by atoms with van der Waals surface area (Å²) < 4.78 is 13.6. The monoisotopic (exact) mass is 790 g/mol. The van der Waals surface area contributed by atoms with E-state index in [0.717, 1.165) is 82.4 Å². The third-order valence-corrected chi connectivity index (χ3v) is 13.1. The molecule has 0 aliphatic rings. The van der Waals surface area contributed by atoms with Crippen molar-refractivity contribution in [1.29, 1.82) is 0 Å². The number of nitrogens with zero attached hydrogens (tertiary/aromatic N) is 2. The summed E-state index contributed by atoms with van der Waals surface area (Å²) in [5, 5.41) is 8.94. The summed E-state index contributed by atoms with van der Waals surface area (Å²) in [6.45, 7) is 15.3. The third-order valence-electron chi connectivity index (χ3n) is 13.1. The number of aryl methyl sites for hydroxylation is 5. The Kier molecular flexibility index (Phi) is 8.37. The van der Waals surface area contributed by atoms with Crippen LogP contribution in [0.5, 0.6) is 0 Å². The fourth-order valence-corrected chi connectivity index (χ4v) is 9.50. The van der Waals surface area contributed by atoms with Crippen LogP contribution in [0.1, 0.15) is 38.9 Å². The van der Waals surface area contributed by atoms with Crippen LogP contribution in [0.2, 0.25) is 0 Å². The lowest BCUT2D eigenvalue weighted by molar-refractivity contribution is 0.660. The fraction of sp³-hybridized carbons (Fsp3) is 0.123. The van der Waals surface area contributed by atoms with Crippen LogP contribution in [0.25, 0.3) is 65.4 Å². The maximum atomic E-state index is 6.82. The first-order chi connectivity index (χ1) is 29.6. The topological polar surface area (TPSA) is 32.8 Å². The van der Waals surface area contributed by atoms with E-state index >= 15 is 0 Å². The number of para-hydroxylation sites is 2. The predicted octanol–water partition coefficient (Wildman–Crippen LogP) is 16.9. The summed E-state index contributed by atoms with van der Waals surface area (Å²) in [7, 11) is 0. The Bertz CT molecular complexity index is 3590. The molecule has 11 aromatic rings. The third kappa shape index (κ3) is 5.81. The Hall–Kier alpha value is -7.30. The van der Waals surface area contributed by atoms with E-state index in [1.165, 1.54) is 56.1 Å². The molecular formula is C57H46N2O2. The first-order valence-electron chi connectivity index (χ1n) is 21.2. The molecule has 0 aliphatic heterocycles. The molecular weight excluding hydrogens is 745 g/mol. The van der Waals surface area contributed by atoms with Crippen molar-refractivity contribution in [3.63, 3.8) is 0 Å². The van der Waals surface area contributed by atoms with Crippen LogP contribution < -0.4 is 9.80 Å². The van der Waals surface area contributed by atoms with Gasteiger partial charge in [-0.3, -0.25) is 0 Å². The van der Waals surface area contributed by atoms with Gasteiger partial charge in [-0.05, 0) is 188 Å². The highest BCUT2D eigenvalue weighted by molar-refractivity contribution is 6.28. The Labute approximate surface area is 355 Å². The van der Waals surface area contributed by atoms with Gasteiger partial charge in [0.05, 0.1) is 0 Å². The lowest BCUT2D eigenvalue weighted by atomic mass is 9.98. The Morgan fingerprint density at radius 1 is 0.328 bits per heavy atom. The molecule has 61 heavy (non-hydrogen) atoms. The highest BCUT2D eigenvalue weighted by atomic mass is 16.3. The van der Waals surface area contributed by atoms with Gasteiger partial charge in [0.2, 0.25) is 0 Å². The number of hydrogen-bond donors (Lipinski definition) is 0. The van der Waals surface area contributed by atoms with Gasteiger partial charge in [0.15, 0.2) is 0 Å². The molecule has 0 radical (unpaired) electrons. The number of benzene rings is 9. The molecule has 2 heterocycles. The SMILES string of the molecule is Cc1ccccc1N(c1ccc2cc3c(cc2c1)oc1cc(C)c2oc4cc5cc(N(c6ccccc6C)c6cccc(C)c6C)ccc5cc4c2c13)c1cccc(C)c1C. The van der Waals surface area contributed by atoms with Crippen molar-refractivity contribution in [2.45, 2.75) is 48.5 Å². The fourth-order valence-electron chi connectivity index (χ4n) is 9.50. The summed E-state index contributed by atoms with van der Waals surface area (Å²) in [5.74, 6) is 0. The van der Waals surface area contributed by atoms with Crippen LogP contribution in [-0.2, 0) is 0 Å². The smallest absolute Gasteiger partial charge is 0.139 e. The highest BCUT2D eigenvalue weighted by Gasteiger charge is 2.23. The van der Waals surface area contributed by atoms with Gasteiger partial charge in [-0.2, -0.15) is 0 Å². The summed E-state index contributed by atoms with van der Waals surface area (Å²) in [4.78, 5) is 4.78. The average Bonchev–Trinajstić information content (AvgIpc) is 3.80. The Morgan fingerprint density at radius 2 is 0.787 bits per heavy atom. The quantitative estimate of drug-likeness (QED) is 0.168. The molecule has 4 heteroatoms. The van der Waals surface area contributed by atoms with Gasteiger partial charge < -0.3 is 18.6 Å². The molecule has 0 bridgehead atoms. The molecule has 0 N–H and O–H groups in total. The van der Waals surface area contributed by atoms with E-state index in [9.17, 15) is 0 Å². The van der Waals surface area contributed by atoms with Gasteiger partial charge in [0.1, 0.15) is 22.3 Å². The second-order valence-corrected chi connectivity index (χ2v) is 16.9. The number of fused-ring (bicyclic) bond motifs is 9. The van der Waals surface area contributed by atoms with Crippen LogP contribution >= 0.6 is 0 Å². The largest absolute Gasteiger partial charge is 0.456 e. The van der Waals surface area contributed by atoms with Gasteiger partial charge in [-0.25, -0.2) is 0 Å². The summed E-state index contributed by atoms with van der Waals surface area (Å²) in [6.07, 6.45) is 0. The molecule has 0 atom stereocenters. The molecule has 0 aliphatic carbocycles. The van der Waals surface area contributed by atoms with Crippen LogP contribution in [0.4, 0.5) is 34.1 Å². The molecule has 9 aromatic carbocycles. The zero-order chi connectivity index (χ0) is 41.7. The van der Waals surface area contributed by atoms with E-state index in [2.05, 4.69) is 210 Å². The van der Waals surface area contributed by atoms with Crippen molar-refractivity contribution in [2.75, 3.05) is 9.80 Å². The Balaban J connectivity index is 1.07. The van der Waals surface area contributed by atoms with Gasteiger partial charge >= 0.3 is 0 Å². The van der Waals surface area contributed by atoms with E-state index in [0.29, 0.717) is 0 Å². The molecule has 0 spiro atoms. The second kappa shape index (κ2) is 13.9. The summed E-state index contributed by atoms with van der Waals surface area (Å²) >= 11 is 0. The van der Waals surface area contributed by atoms with E-state index in [-0.39, 0.29) is 0 Å². The van der Waals surface area contributed by atoms with Crippen LogP contribution in [0, 0.1) is 48.5 Å². The van der Waals surface area contributed by atoms with E-state index in [4.69, 9.17) is 8.83 Å². The number of hydrogen-bond acceptors (Lipinski definition) is 4. The first kappa shape index (κ1) is 36.8. The maximum Gasteiger partial charge on any atom is 0.139 e. The van der Waals surface area contributed by atoms with Crippen molar-refractivity contribution in [2.24, 2.45) is 0 Å². The zero-order valence-electron chi connectivity index (χ0n) is 35.6. The second-order valence-electron chi connectivity index (χ2n) is 16.9. The van der Waals surface area contributed by atoms with Gasteiger partial charge in [0, 0.05) is 55.7 Å². The van der Waals surface area contributed by atoms with Crippen LogP contribution in [-0.4, -0.2) is 0 Å². The number of anilines is 6. The predicted molar refractivity (Wildman–Crippen MR) is 259 cm³/mol. The highest BCUT2D eigenvalue weighted by Crippen LogP contribution is 2.46. The minimum absolute atomic E-state index is 0.864. The van der Waals surface area contributed by atoms with Crippen molar-refractivity contribution >= 4 is 99.5 Å². The minimum Gasteiger partial charge on any atom is -0.456 e. The normalized spacial score (nSPS) is 11.9. The first-order valence-corrected chi connectivity index (χ1v) is 21.2. The minimum atomic E-state index is 0.864. The van der Waals surface area contributed by atoms with Crippen molar-refractivity contribution < 1.29 is 8.83 Å². The zero-order valence-corrected chi connectivity index (χ0v) is 35.6. The maximum absolute atomic E-state index is 6.82. The molecule has 0 saturated carbocycles. The summed E-state index contributed by atoms with van der Waals surface area (Å²) in [5.41, 5.74) is 19.0. The molecule has 2 aromatic heterocycles. The van der Waals surface area contributed by atoms with Crippen LogP contribution in [0.3, 0.4) is 0 Å².